The van der Waals surface area contributed by atoms with Crippen LogP contribution in [-0.4, -0.2) is 48.5 Å². The highest BCUT2D eigenvalue weighted by Crippen LogP contribution is 2.35. The molecular formula is C25H27N3O6. The minimum Gasteiger partial charge on any atom is -0.497 e. The Labute approximate surface area is 196 Å². The number of ether oxygens (including phenoxy) is 3. The van der Waals surface area contributed by atoms with Crippen molar-refractivity contribution in [3.8, 4) is 17.4 Å². The third-order valence-corrected chi connectivity index (χ3v) is 6.59. The van der Waals surface area contributed by atoms with Gasteiger partial charge < -0.3 is 29.2 Å². The number of aromatic hydroxyl groups is 1. The third kappa shape index (κ3) is 4.03. The third-order valence-electron chi connectivity index (χ3n) is 6.59. The SMILES string of the molecule is COc1ccc2cn(C[C@@]3(c4ccc(OCC5CCOCC5)cc4)NC(=O)NC3=O)c(O)c2c1. The molecule has 0 radical (unpaired) electrons. The van der Waals surface area contributed by atoms with Gasteiger partial charge in [0.15, 0.2) is 11.4 Å². The molecule has 0 spiro atoms. The van der Waals surface area contributed by atoms with Gasteiger partial charge in [0, 0.05) is 30.2 Å². The van der Waals surface area contributed by atoms with Crippen molar-refractivity contribution in [1.29, 1.82) is 0 Å². The van der Waals surface area contributed by atoms with Crippen LogP contribution in [0.2, 0.25) is 0 Å². The molecule has 1 atom stereocenters. The first-order valence-electron chi connectivity index (χ1n) is 11.3. The minimum atomic E-state index is -1.38. The van der Waals surface area contributed by atoms with Crippen molar-refractivity contribution in [2.75, 3.05) is 26.9 Å². The number of hydrogen-bond acceptors (Lipinski definition) is 6. The lowest BCUT2D eigenvalue weighted by atomic mass is 9.89. The highest BCUT2D eigenvalue weighted by atomic mass is 16.5. The molecule has 0 saturated carbocycles. The summed E-state index contributed by atoms with van der Waals surface area (Å²) in [5.74, 6) is 1.26. The molecule has 34 heavy (non-hydrogen) atoms. The first-order chi connectivity index (χ1) is 16.5. The molecule has 2 saturated heterocycles. The minimum absolute atomic E-state index is 0.00960. The molecule has 0 aliphatic carbocycles. The number of hydrogen-bond donors (Lipinski definition) is 3. The van der Waals surface area contributed by atoms with Gasteiger partial charge in [-0.25, -0.2) is 4.79 Å². The van der Waals surface area contributed by atoms with Gasteiger partial charge in [-0.1, -0.05) is 12.1 Å². The van der Waals surface area contributed by atoms with Crippen LogP contribution in [0.15, 0.2) is 48.7 Å². The Hall–Kier alpha value is -3.72. The van der Waals surface area contributed by atoms with E-state index in [1.165, 1.54) is 0 Å². The van der Waals surface area contributed by atoms with Crippen molar-refractivity contribution in [2.45, 2.75) is 24.9 Å². The quantitative estimate of drug-likeness (QED) is 0.463. The van der Waals surface area contributed by atoms with Crippen molar-refractivity contribution in [1.82, 2.24) is 15.2 Å². The number of imide groups is 1. The number of rotatable bonds is 7. The van der Waals surface area contributed by atoms with Gasteiger partial charge in [-0.15, -0.1) is 0 Å². The normalized spacial score (nSPS) is 20.9. The van der Waals surface area contributed by atoms with E-state index in [9.17, 15) is 14.7 Å². The number of carbonyl (C=O) groups excluding carboxylic acids is 2. The van der Waals surface area contributed by atoms with Crippen LogP contribution in [0.3, 0.4) is 0 Å². The van der Waals surface area contributed by atoms with Crippen molar-refractivity contribution >= 4 is 22.7 Å². The van der Waals surface area contributed by atoms with E-state index in [4.69, 9.17) is 14.2 Å². The number of methoxy groups -OCH3 is 1. The van der Waals surface area contributed by atoms with Crippen LogP contribution < -0.4 is 20.1 Å². The van der Waals surface area contributed by atoms with Gasteiger partial charge in [0.25, 0.3) is 5.91 Å². The van der Waals surface area contributed by atoms with E-state index in [2.05, 4.69) is 10.6 Å². The van der Waals surface area contributed by atoms with Crippen LogP contribution in [0.4, 0.5) is 4.79 Å². The molecule has 1 aromatic heterocycles. The number of benzene rings is 2. The fraction of sp³-hybridized carbons (Fsp3) is 0.360. The zero-order chi connectivity index (χ0) is 23.7. The van der Waals surface area contributed by atoms with Crippen molar-refractivity contribution in [3.63, 3.8) is 0 Å². The molecule has 2 aliphatic heterocycles. The van der Waals surface area contributed by atoms with Gasteiger partial charge in [-0.05, 0) is 54.7 Å². The summed E-state index contributed by atoms with van der Waals surface area (Å²) >= 11 is 0. The lowest BCUT2D eigenvalue weighted by Gasteiger charge is -2.28. The van der Waals surface area contributed by atoms with E-state index in [1.54, 1.807) is 54.3 Å². The summed E-state index contributed by atoms with van der Waals surface area (Å²) in [4.78, 5) is 25.2. The molecule has 3 heterocycles. The summed E-state index contributed by atoms with van der Waals surface area (Å²) in [6.07, 6.45) is 3.71. The summed E-state index contributed by atoms with van der Waals surface area (Å²) in [6.45, 7) is 2.14. The van der Waals surface area contributed by atoms with Gasteiger partial charge in [0.2, 0.25) is 0 Å². The van der Waals surface area contributed by atoms with Crippen molar-refractivity contribution in [3.05, 3.63) is 54.2 Å². The van der Waals surface area contributed by atoms with Crippen LogP contribution in [0.1, 0.15) is 18.4 Å². The number of aromatic nitrogens is 1. The molecule has 3 N–H and O–H groups in total. The molecule has 9 heteroatoms. The van der Waals surface area contributed by atoms with Gasteiger partial charge in [-0.2, -0.15) is 0 Å². The Kier molecular flexibility index (Phi) is 5.79. The highest BCUT2D eigenvalue weighted by Gasteiger charge is 2.48. The largest absolute Gasteiger partial charge is 0.497 e. The molecular weight excluding hydrogens is 438 g/mol. The maximum atomic E-state index is 13.0. The van der Waals surface area contributed by atoms with Gasteiger partial charge in [-0.3, -0.25) is 10.1 Å². The number of amides is 3. The Bertz CT molecular complexity index is 1220. The van der Waals surface area contributed by atoms with Crippen LogP contribution in [-0.2, 0) is 21.6 Å². The van der Waals surface area contributed by atoms with E-state index >= 15 is 0 Å². The molecule has 3 aromatic rings. The number of nitrogens with one attached hydrogen (secondary N) is 2. The average molecular weight is 466 g/mol. The molecule has 2 fully saturated rings. The number of fused-ring (bicyclic) bond motifs is 1. The zero-order valence-electron chi connectivity index (χ0n) is 18.9. The predicted molar refractivity (Wildman–Crippen MR) is 124 cm³/mol. The Morgan fingerprint density at radius 2 is 1.85 bits per heavy atom. The fourth-order valence-corrected chi connectivity index (χ4v) is 4.59. The van der Waals surface area contributed by atoms with Crippen molar-refractivity contribution in [2.24, 2.45) is 5.92 Å². The molecule has 3 amide bonds. The standard InChI is InChI=1S/C25H27N3O6/c1-32-20-5-2-17-13-28(22(29)21(17)12-20)15-25(23(30)26-24(31)27-25)18-3-6-19(7-4-18)34-14-16-8-10-33-11-9-16/h2-7,12-13,16,29H,8-11,14-15H2,1H3,(H2,26,27,30,31)/t25-/m0/s1. The van der Waals surface area contributed by atoms with E-state index < -0.39 is 17.5 Å². The number of urea groups is 1. The lowest BCUT2D eigenvalue weighted by molar-refractivity contribution is -0.124. The smallest absolute Gasteiger partial charge is 0.322 e. The molecule has 178 valence electrons. The number of carbonyl (C=O) groups is 2. The van der Waals surface area contributed by atoms with E-state index in [0.717, 1.165) is 31.4 Å². The van der Waals surface area contributed by atoms with Gasteiger partial charge in [0.05, 0.1) is 20.3 Å². The summed E-state index contributed by atoms with van der Waals surface area (Å²) in [6, 6.07) is 11.9. The zero-order valence-corrected chi connectivity index (χ0v) is 18.9. The van der Waals surface area contributed by atoms with Gasteiger partial charge in [0.1, 0.15) is 11.5 Å². The maximum Gasteiger partial charge on any atom is 0.322 e. The first-order valence-corrected chi connectivity index (χ1v) is 11.3. The molecule has 2 aliphatic rings. The van der Waals surface area contributed by atoms with E-state index in [-0.39, 0.29) is 12.4 Å². The predicted octanol–water partition coefficient (Wildman–Crippen LogP) is 2.90. The molecule has 9 nitrogen and oxygen atoms in total. The van der Waals surface area contributed by atoms with Crippen LogP contribution in [0, 0.1) is 5.92 Å². The Balaban J connectivity index is 1.41. The maximum absolute atomic E-state index is 13.0. The highest BCUT2D eigenvalue weighted by molar-refractivity contribution is 6.07. The van der Waals surface area contributed by atoms with Crippen molar-refractivity contribution < 1.29 is 28.9 Å². The van der Waals surface area contributed by atoms with Crippen LogP contribution in [0.25, 0.3) is 10.8 Å². The molecule has 0 bridgehead atoms. The molecule has 5 rings (SSSR count). The molecule has 2 aromatic carbocycles. The monoisotopic (exact) mass is 465 g/mol. The molecule has 0 unspecified atom stereocenters. The van der Waals surface area contributed by atoms with Gasteiger partial charge >= 0.3 is 6.03 Å². The first kappa shape index (κ1) is 22.1. The van der Waals surface area contributed by atoms with Crippen LogP contribution in [0.5, 0.6) is 17.4 Å². The van der Waals surface area contributed by atoms with Crippen LogP contribution >= 0.6 is 0 Å². The topological polar surface area (TPSA) is 111 Å². The number of nitrogens with zero attached hydrogens (tertiary/aromatic N) is 1. The summed E-state index contributed by atoms with van der Waals surface area (Å²) in [7, 11) is 1.56. The fourth-order valence-electron chi connectivity index (χ4n) is 4.59. The summed E-state index contributed by atoms with van der Waals surface area (Å²) in [5, 5.41) is 17.3. The average Bonchev–Trinajstić information content (AvgIpc) is 3.33. The van der Waals surface area contributed by atoms with E-state index in [0.29, 0.717) is 35.0 Å². The second kappa shape index (κ2) is 8.90. The lowest BCUT2D eigenvalue weighted by Crippen LogP contribution is -2.47. The van der Waals surface area contributed by atoms with E-state index in [1.807, 2.05) is 6.07 Å². The Morgan fingerprint density at radius 1 is 1.12 bits per heavy atom. The second-order valence-corrected chi connectivity index (χ2v) is 8.74. The Morgan fingerprint density at radius 3 is 2.53 bits per heavy atom. The summed E-state index contributed by atoms with van der Waals surface area (Å²) < 4.78 is 18.1. The summed E-state index contributed by atoms with van der Waals surface area (Å²) in [5.41, 5.74) is -0.795. The second-order valence-electron chi connectivity index (χ2n) is 8.74.